The zero-order valence-electron chi connectivity index (χ0n) is 23.1. The lowest BCUT2D eigenvalue weighted by molar-refractivity contribution is -0.121. The fourth-order valence-electron chi connectivity index (χ4n) is 4.88. The van der Waals surface area contributed by atoms with E-state index in [1.807, 2.05) is 48.5 Å². The third kappa shape index (κ3) is 6.46. The molecule has 1 unspecified atom stereocenters. The van der Waals surface area contributed by atoms with E-state index in [0.29, 0.717) is 21.8 Å². The van der Waals surface area contributed by atoms with Gasteiger partial charge < -0.3 is 15.6 Å². The van der Waals surface area contributed by atoms with Gasteiger partial charge in [0.05, 0.1) is 10.9 Å². The SMILES string of the molecule is O=C(Nc1cccc(SC2CC(=O)N(c3ccc(I)cc3)C2=O)c1)C(=Cc1c[nH]c2ccccc12)NC(=O)c1ccccc1. The zero-order valence-corrected chi connectivity index (χ0v) is 26.1. The minimum absolute atomic E-state index is 0.0615. The average Bonchev–Trinajstić information content (AvgIpc) is 3.56. The fraction of sp³-hybridized carbons (Fsp3) is 0.0588. The molecule has 0 spiro atoms. The number of rotatable bonds is 8. The molecule has 44 heavy (non-hydrogen) atoms. The highest BCUT2D eigenvalue weighted by atomic mass is 127. The van der Waals surface area contributed by atoms with Crippen LogP contribution in [0, 0.1) is 3.57 Å². The van der Waals surface area contributed by atoms with Crippen molar-refractivity contribution in [2.24, 2.45) is 0 Å². The van der Waals surface area contributed by atoms with Gasteiger partial charge in [-0.2, -0.15) is 0 Å². The number of nitrogens with zero attached hydrogens (tertiary/aromatic N) is 1. The Bertz CT molecular complexity index is 1920. The van der Waals surface area contributed by atoms with E-state index in [0.717, 1.165) is 20.0 Å². The third-order valence-corrected chi connectivity index (χ3v) is 8.91. The predicted octanol–water partition coefficient (Wildman–Crippen LogP) is 6.61. The first-order valence-corrected chi connectivity index (χ1v) is 15.7. The number of fused-ring (bicyclic) bond motifs is 1. The maximum Gasteiger partial charge on any atom is 0.272 e. The van der Waals surface area contributed by atoms with Crippen LogP contribution in [0.1, 0.15) is 22.3 Å². The highest BCUT2D eigenvalue weighted by Crippen LogP contribution is 2.35. The highest BCUT2D eigenvalue weighted by molar-refractivity contribution is 14.1. The van der Waals surface area contributed by atoms with Gasteiger partial charge >= 0.3 is 0 Å². The van der Waals surface area contributed by atoms with Crippen LogP contribution >= 0.6 is 34.4 Å². The monoisotopic (exact) mass is 712 g/mol. The van der Waals surface area contributed by atoms with Crippen molar-refractivity contribution >= 4 is 86.3 Å². The number of halogens is 1. The van der Waals surface area contributed by atoms with Crippen LogP contribution < -0.4 is 15.5 Å². The lowest BCUT2D eigenvalue weighted by atomic mass is 10.1. The molecule has 0 saturated carbocycles. The van der Waals surface area contributed by atoms with Gasteiger partial charge in [-0.1, -0.05) is 42.5 Å². The van der Waals surface area contributed by atoms with Gasteiger partial charge in [-0.15, -0.1) is 11.8 Å². The first-order valence-electron chi connectivity index (χ1n) is 13.7. The summed E-state index contributed by atoms with van der Waals surface area (Å²) in [6.45, 7) is 0. The summed E-state index contributed by atoms with van der Waals surface area (Å²) in [5.41, 5.74) is 3.15. The number of hydrogen-bond donors (Lipinski definition) is 3. The predicted molar refractivity (Wildman–Crippen MR) is 181 cm³/mol. The molecule has 1 saturated heterocycles. The Hall–Kier alpha value is -4.68. The van der Waals surface area contributed by atoms with Crippen LogP contribution in [0.15, 0.2) is 120 Å². The second kappa shape index (κ2) is 12.9. The molecule has 8 nitrogen and oxygen atoms in total. The number of aromatic nitrogens is 1. The van der Waals surface area contributed by atoms with Crippen molar-refractivity contribution in [3.8, 4) is 0 Å². The Morgan fingerprint density at radius 1 is 0.909 bits per heavy atom. The summed E-state index contributed by atoms with van der Waals surface area (Å²) in [6, 6.07) is 30.6. The largest absolute Gasteiger partial charge is 0.361 e. The molecule has 4 amide bonds. The number of para-hydroxylation sites is 1. The van der Waals surface area contributed by atoms with Gasteiger partial charge in [-0.25, -0.2) is 4.90 Å². The third-order valence-electron chi connectivity index (χ3n) is 7.01. The Labute approximate surface area is 271 Å². The van der Waals surface area contributed by atoms with Gasteiger partial charge in [-0.05, 0) is 89.3 Å². The molecular formula is C34H25IN4O4S. The van der Waals surface area contributed by atoms with Crippen LogP contribution in [-0.2, 0) is 14.4 Å². The van der Waals surface area contributed by atoms with Crippen LogP contribution in [0.25, 0.3) is 17.0 Å². The van der Waals surface area contributed by atoms with Crippen LogP contribution in [-0.4, -0.2) is 33.9 Å². The Kier molecular flexibility index (Phi) is 8.62. The topological polar surface area (TPSA) is 111 Å². The number of thioether (sulfide) groups is 1. The van der Waals surface area contributed by atoms with E-state index in [1.165, 1.54) is 16.7 Å². The van der Waals surface area contributed by atoms with Crippen molar-refractivity contribution in [2.75, 3.05) is 10.2 Å². The summed E-state index contributed by atoms with van der Waals surface area (Å²) in [5, 5.41) is 5.96. The second-order valence-corrected chi connectivity index (χ2v) is 12.5. The number of hydrogen-bond acceptors (Lipinski definition) is 5. The minimum atomic E-state index is -0.588. The molecule has 0 radical (unpaired) electrons. The summed E-state index contributed by atoms with van der Waals surface area (Å²) in [7, 11) is 0. The molecule has 5 aromatic rings. The summed E-state index contributed by atoms with van der Waals surface area (Å²) in [5.74, 6) is -1.46. The molecule has 1 aliphatic heterocycles. The summed E-state index contributed by atoms with van der Waals surface area (Å²) < 4.78 is 1.01. The van der Waals surface area contributed by atoms with E-state index < -0.39 is 17.1 Å². The second-order valence-electron chi connectivity index (χ2n) is 10.0. The first-order chi connectivity index (χ1) is 21.4. The van der Waals surface area contributed by atoms with E-state index >= 15 is 0 Å². The number of imide groups is 1. The van der Waals surface area contributed by atoms with Crippen LogP contribution in [0.3, 0.4) is 0 Å². The average molecular weight is 713 g/mol. The van der Waals surface area contributed by atoms with E-state index in [1.54, 1.807) is 66.9 Å². The van der Waals surface area contributed by atoms with E-state index in [2.05, 4.69) is 38.2 Å². The molecular weight excluding hydrogens is 687 g/mol. The molecule has 1 aromatic heterocycles. The lowest BCUT2D eigenvalue weighted by Gasteiger charge is -2.15. The van der Waals surface area contributed by atoms with Gasteiger partial charge in [0.1, 0.15) is 5.70 Å². The molecule has 2 heterocycles. The number of benzene rings is 4. The molecule has 1 aliphatic rings. The van der Waals surface area contributed by atoms with Crippen molar-refractivity contribution in [1.82, 2.24) is 10.3 Å². The minimum Gasteiger partial charge on any atom is -0.361 e. The van der Waals surface area contributed by atoms with Crippen molar-refractivity contribution < 1.29 is 19.2 Å². The van der Waals surface area contributed by atoms with Crippen molar-refractivity contribution in [3.05, 3.63) is 130 Å². The number of anilines is 2. The number of carbonyl (C=O) groups is 4. The summed E-state index contributed by atoms with van der Waals surface area (Å²) >= 11 is 3.45. The first kappa shape index (κ1) is 29.4. The molecule has 218 valence electrons. The Morgan fingerprint density at radius 3 is 2.45 bits per heavy atom. The van der Waals surface area contributed by atoms with Gasteiger partial charge in [-0.3, -0.25) is 19.2 Å². The normalized spacial score (nSPS) is 15.1. The van der Waals surface area contributed by atoms with E-state index in [9.17, 15) is 19.2 Å². The maximum absolute atomic E-state index is 13.6. The fourth-order valence-corrected chi connectivity index (χ4v) is 6.35. The van der Waals surface area contributed by atoms with E-state index in [4.69, 9.17) is 0 Å². The summed E-state index contributed by atoms with van der Waals surface area (Å²) in [6.07, 6.45) is 3.49. The van der Waals surface area contributed by atoms with Crippen molar-refractivity contribution in [2.45, 2.75) is 16.6 Å². The quantitative estimate of drug-likeness (QED) is 0.0954. The van der Waals surface area contributed by atoms with Crippen LogP contribution in [0.2, 0.25) is 0 Å². The summed E-state index contributed by atoms with van der Waals surface area (Å²) in [4.78, 5) is 57.7. The molecule has 1 fully saturated rings. The number of carbonyl (C=O) groups excluding carboxylic acids is 4. The van der Waals surface area contributed by atoms with Gasteiger partial charge in [0, 0.05) is 48.8 Å². The van der Waals surface area contributed by atoms with Crippen molar-refractivity contribution in [3.63, 3.8) is 0 Å². The lowest BCUT2D eigenvalue weighted by Crippen LogP contribution is -2.31. The number of H-pyrrole nitrogens is 1. The van der Waals surface area contributed by atoms with Crippen molar-refractivity contribution in [1.29, 1.82) is 0 Å². The molecule has 3 N–H and O–H groups in total. The smallest absolute Gasteiger partial charge is 0.272 e. The molecule has 10 heteroatoms. The molecule has 4 aromatic carbocycles. The molecule has 1 atom stereocenters. The van der Waals surface area contributed by atoms with Crippen LogP contribution in [0.5, 0.6) is 0 Å². The standard InChI is InChI=1S/C34H25IN4O4S/c35-23-13-15-25(16-14-23)39-31(40)19-30(34(39)43)44-26-10-6-9-24(18-26)37-33(42)29(38-32(41)21-7-2-1-3-8-21)17-22-20-36-28-12-5-4-11-27(22)28/h1-18,20,30,36H,19H2,(H,37,42)(H,38,41). The van der Waals surface area contributed by atoms with Gasteiger partial charge in [0.15, 0.2) is 0 Å². The van der Waals surface area contributed by atoms with Gasteiger partial charge in [0.2, 0.25) is 11.8 Å². The van der Waals surface area contributed by atoms with E-state index in [-0.39, 0.29) is 23.9 Å². The number of aromatic amines is 1. The van der Waals surface area contributed by atoms with Crippen LogP contribution in [0.4, 0.5) is 11.4 Å². The Morgan fingerprint density at radius 2 is 1.66 bits per heavy atom. The van der Waals surface area contributed by atoms with Gasteiger partial charge in [0.25, 0.3) is 11.8 Å². The molecule has 0 bridgehead atoms. The molecule has 0 aliphatic carbocycles. The number of amides is 4. The zero-order chi connectivity index (χ0) is 30.6. The molecule has 6 rings (SSSR count). The Balaban J connectivity index is 1.21. The highest BCUT2D eigenvalue weighted by Gasteiger charge is 2.40. The maximum atomic E-state index is 13.6. The number of nitrogens with one attached hydrogen (secondary N) is 3.